The summed E-state index contributed by atoms with van der Waals surface area (Å²) in [5.74, 6) is 0.263. The second-order valence-electron chi connectivity index (χ2n) is 5.80. The van der Waals surface area contributed by atoms with E-state index in [1.807, 2.05) is 0 Å². The third-order valence-corrected chi connectivity index (χ3v) is 3.91. The highest BCUT2D eigenvalue weighted by atomic mass is 19.4. The molecule has 0 atom stereocenters. The lowest BCUT2D eigenvalue weighted by molar-refractivity contribution is -0.141. The van der Waals surface area contributed by atoms with Gasteiger partial charge in [0.05, 0.1) is 0 Å². The Morgan fingerprint density at radius 3 is 2.68 bits per heavy atom. The van der Waals surface area contributed by atoms with E-state index in [-0.39, 0.29) is 23.6 Å². The second-order valence-corrected chi connectivity index (χ2v) is 5.80. The summed E-state index contributed by atoms with van der Waals surface area (Å²) >= 11 is 0. The van der Waals surface area contributed by atoms with Crippen molar-refractivity contribution < 1.29 is 22.5 Å². The van der Waals surface area contributed by atoms with E-state index in [0.717, 1.165) is 12.3 Å². The van der Waals surface area contributed by atoms with Crippen molar-refractivity contribution in [2.75, 3.05) is 18.0 Å². The number of carbonyl (C=O) groups is 1. The zero-order valence-electron chi connectivity index (χ0n) is 13.4. The molecule has 2 aromatic rings. The summed E-state index contributed by atoms with van der Waals surface area (Å²) < 4.78 is 43.1. The van der Waals surface area contributed by atoms with Crippen LogP contribution in [0.3, 0.4) is 0 Å². The lowest BCUT2D eigenvalue weighted by Crippen LogP contribution is -2.45. The Labute approximate surface area is 141 Å². The molecule has 1 amide bonds. The van der Waals surface area contributed by atoms with Gasteiger partial charge in [0.15, 0.2) is 5.69 Å². The minimum absolute atomic E-state index is 0.0479. The van der Waals surface area contributed by atoms with Gasteiger partial charge in [-0.3, -0.25) is 4.79 Å². The Bertz CT molecular complexity index is 754. The van der Waals surface area contributed by atoms with E-state index in [1.54, 1.807) is 17.9 Å². The SMILES string of the molecule is Cc1cc(C(=O)NC2CCN(c3nccc(C(F)(F)F)n3)CC2)no1. The predicted octanol–water partition coefficient (Wildman–Crippen LogP) is 2.19. The van der Waals surface area contributed by atoms with Crippen molar-refractivity contribution in [1.29, 1.82) is 0 Å². The largest absolute Gasteiger partial charge is 0.433 e. The van der Waals surface area contributed by atoms with Crippen LogP contribution in [0.4, 0.5) is 19.1 Å². The van der Waals surface area contributed by atoms with Gasteiger partial charge < -0.3 is 14.7 Å². The lowest BCUT2D eigenvalue weighted by atomic mass is 10.1. The summed E-state index contributed by atoms with van der Waals surface area (Å²) in [5.41, 5.74) is -0.754. The molecule has 0 saturated carbocycles. The number of alkyl halides is 3. The van der Waals surface area contributed by atoms with Crippen LogP contribution in [0.5, 0.6) is 0 Å². The molecule has 134 valence electrons. The van der Waals surface area contributed by atoms with Gasteiger partial charge in [-0.25, -0.2) is 9.97 Å². The Morgan fingerprint density at radius 1 is 1.36 bits per heavy atom. The van der Waals surface area contributed by atoms with Crippen molar-refractivity contribution in [1.82, 2.24) is 20.4 Å². The van der Waals surface area contributed by atoms with Gasteiger partial charge in [-0.05, 0) is 25.8 Å². The second kappa shape index (κ2) is 6.69. The molecule has 7 nitrogen and oxygen atoms in total. The monoisotopic (exact) mass is 355 g/mol. The molecule has 0 unspecified atom stereocenters. The molecule has 1 N–H and O–H groups in total. The zero-order chi connectivity index (χ0) is 18.0. The molecule has 0 radical (unpaired) electrons. The molecule has 0 bridgehead atoms. The maximum absolute atomic E-state index is 12.7. The topological polar surface area (TPSA) is 84.2 Å². The number of aryl methyl sites for hydroxylation is 1. The molecule has 3 rings (SSSR count). The molecule has 1 aliphatic heterocycles. The van der Waals surface area contributed by atoms with Crippen LogP contribution in [0, 0.1) is 6.92 Å². The van der Waals surface area contributed by atoms with Crippen molar-refractivity contribution in [2.24, 2.45) is 0 Å². The first kappa shape index (κ1) is 17.2. The summed E-state index contributed by atoms with van der Waals surface area (Å²) in [4.78, 5) is 21.2. The standard InChI is InChI=1S/C15H16F3N5O2/c1-9-8-11(22-25-9)13(24)20-10-3-6-23(7-4-10)14-19-5-2-12(21-14)15(16,17)18/h2,5,8,10H,3-4,6-7H2,1H3,(H,20,24). The minimum atomic E-state index is -4.50. The van der Waals surface area contributed by atoms with E-state index in [1.165, 1.54) is 0 Å². The van der Waals surface area contributed by atoms with Gasteiger partial charge in [-0.2, -0.15) is 13.2 Å². The lowest BCUT2D eigenvalue weighted by Gasteiger charge is -2.32. The van der Waals surface area contributed by atoms with Gasteiger partial charge in [0.2, 0.25) is 5.95 Å². The first-order chi connectivity index (χ1) is 11.8. The van der Waals surface area contributed by atoms with Crippen molar-refractivity contribution in [3.8, 4) is 0 Å². The molecular weight excluding hydrogens is 339 g/mol. The fraction of sp³-hybridized carbons (Fsp3) is 0.467. The van der Waals surface area contributed by atoms with Crippen molar-refractivity contribution in [3.05, 3.63) is 35.5 Å². The van der Waals surface area contributed by atoms with Crippen LogP contribution in [-0.4, -0.2) is 40.2 Å². The van der Waals surface area contributed by atoms with E-state index in [4.69, 9.17) is 4.52 Å². The third kappa shape index (κ3) is 4.06. The summed E-state index contributed by atoms with van der Waals surface area (Å²) in [7, 11) is 0. The third-order valence-electron chi connectivity index (χ3n) is 3.91. The molecule has 1 aliphatic rings. The Kier molecular flexibility index (Phi) is 4.60. The number of piperidine rings is 1. The summed E-state index contributed by atoms with van der Waals surface area (Å²) in [6, 6.07) is 2.30. The van der Waals surface area contributed by atoms with Crippen molar-refractivity contribution in [2.45, 2.75) is 32.0 Å². The number of hydrogen-bond donors (Lipinski definition) is 1. The van der Waals surface area contributed by atoms with Crippen LogP contribution in [-0.2, 0) is 6.18 Å². The van der Waals surface area contributed by atoms with Gasteiger partial charge in [0, 0.05) is 31.4 Å². The molecule has 2 aromatic heterocycles. The van der Waals surface area contributed by atoms with Crippen LogP contribution >= 0.6 is 0 Å². The Balaban J connectivity index is 1.58. The Morgan fingerprint density at radius 2 is 2.08 bits per heavy atom. The number of aromatic nitrogens is 3. The van der Waals surface area contributed by atoms with Gasteiger partial charge in [-0.15, -0.1) is 0 Å². The fourth-order valence-corrected chi connectivity index (χ4v) is 2.62. The molecular formula is C15H16F3N5O2. The smallest absolute Gasteiger partial charge is 0.361 e. The van der Waals surface area contributed by atoms with E-state index in [0.29, 0.717) is 31.7 Å². The summed E-state index contributed by atoms with van der Waals surface area (Å²) in [5, 5.41) is 6.50. The van der Waals surface area contributed by atoms with Crippen LogP contribution in [0.1, 0.15) is 34.8 Å². The fourth-order valence-electron chi connectivity index (χ4n) is 2.62. The predicted molar refractivity (Wildman–Crippen MR) is 81.0 cm³/mol. The highest BCUT2D eigenvalue weighted by molar-refractivity contribution is 5.92. The normalized spacial score (nSPS) is 16.1. The molecule has 1 fully saturated rings. The van der Waals surface area contributed by atoms with E-state index in [9.17, 15) is 18.0 Å². The number of amides is 1. The molecule has 0 spiro atoms. The average molecular weight is 355 g/mol. The number of nitrogens with one attached hydrogen (secondary N) is 1. The first-order valence-corrected chi connectivity index (χ1v) is 7.72. The quantitative estimate of drug-likeness (QED) is 0.909. The summed E-state index contributed by atoms with van der Waals surface area (Å²) in [6.07, 6.45) is -2.25. The highest BCUT2D eigenvalue weighted by Crippen LogP contribution is 2.28. The molecule has 1 saturated heterocycles. The number of halogens is 3. The summed E-state index contributed by atoms with van der Waals surface area (Å²) in [6.45, 7) is 2.59. The molecule has 0 aromatic carbocycles. The first-order valence-electron chi connectivity index (χ1n) is 7.72. The number of anilines is 1. The average Bonchev–Trinajstić information content (AvgIpc) is 3.01. The maximum atomic E-state index is 12.7. The molecule has 0 aliphatic carbocycles. The zero-order valence-corrected chi connectivity index (χ0v) is 13.4. The van der Waals surface area contributed by atoms with Crippen LogP contribution in [0.15, 0.2) is 22.9 Å². The molecule has 3 heterocycles. The van der Waals surface area contributed by atoms with Gasteiger partial charge in [0.1, 0.15) is 11.5 Å². The number of hydrogen-bond acceptors (Lipinski definition) is 6. The Hall–Kier alpha value is -2.65. The van der Waals surface area contributed by atoms with Crippen molar-refractivity contribution in [3.63, 3.8) is 0 Å². The van der Waals surface area contributed by atoms with E-state index < -0.39 is 11.9 Å². The van der Waals surface area contributed by atoms with Gasteiger partial charge in [0.25, 0.3) is 5.91 Å². The highest BCUT2D eigenvalue weighted by Gasteiger charge is 2.33. The van der Waals surface area contributed by atoms with E-state index in [2.05, 4.69) is 20.4 Å². The minimum Gasteiger partial charge on any atom is -0.361 e. The number of nitrogens with zero attached hydrogens (tertiary/aromatic N) is 4. The molecule has 25 heavy (non-hydrogen) atoms. The number of rotatable bonds is 3. The number of carbonyl (C=O) groups excluding carboxylic acids is 1. The molecule has 10 heteroatoms. The van der Waals surface area contributed by atoms with E-state index >= 15 is 0 Å². The maximum Gasteiger partial charge on any atom is 0.433 e. The van der Waals surface area contributed by atoms with Crippen LogP contribution < -0.4 is 10.2 Å². The van der Waals surface area contributed by atoms with Crippen LogP contribution in [0.2, 0.25) is 0 Å². The van der Waals surface area contributed by atoms with Crippen LogP contribution in [0.25, 0.3) is 0 Å². The van der Waals surface area contributed by atoms with Crippen molar-refractivity contribution >= 4 is 11.9 Å². The van der Waals surface area contributed by atoms with Gasteiger partial charge in [-0.1, -0.05) is 5.16 Å². The van der Waals surface area contributed by atoms with Gasteiger partial charge >= 0.3 is 6.18 Å².